The van der Waals surface area contributed by atoms with Crippen LogP contribution in [0.3, 0.4) is 0 Å². The van der Waals surface area contributed by atoms with Crippen molar-refractivity contribution in [2.45, 2.75) is 6.92 Å². The SMILES string of the molecule is CNC(=O)OC.COC.COC(=O)OC.COC(C)=O.[Y]. The molecule has 0 aromatic rings. The summed E-state index contributed by atoms with van der Waals surface area (Å²) in [6.07, 6.45) is -1.06. The van der Waals surface area contributed by atoms with E-state index in [2.05, 4.69) is 29.0 Å². The Hall–Kier alpha value is -0.926. The van der Waals surface area contributed by atoms with Crippen molar-refractivity contribution in [3.63, 3.8) is 0 Å². The van der Waals surface area contributed by atoms with E-state index in [0.29, 0.717) is 0 Å². The van der Waals surface area contributed by atoms with Gasteiger partial charge in [0.25, 0.3) is 0 Å². The van der Waals surface area contributed by atoms with Crippen LogP contribution < -0.4 is 5.32 Å². The minimum Gasteiger partial charge on any atom is -0.469 e. The maximum atomic E-state index is 9.85. The van der Waals surface area contributed by atoms with Gasteiger partial charge in [-0.25, -0.2) is 9.59 Å². The fourth-order valence-electron chi connectivity index (χ4n) is 0.185. The summed E-state index contributed by atoms with van der Waals surface area (Å²) in [6, 6.07) is 0. The van der Waals surface area contributed by atoms with E-state index in [1.165, 1.54) is 42.4 Å². The molecule has 0 spiro atoms. The zero-order valence-electron chi connectivity index (χ0n) is 13.8. The van der Waals surface area contributed by atoms with Crippen LogP contribution >= 0.6 is 0 Å². The number of alkyl carbamates (subject to hydrolysis) is 1. The van der Waals surface area contributed by atoms with Crippen molar-refractivity contribution < 1.29 is 70.8 Å². The molecule has 0 saturated carbocycles. The summed E-state index contributed by atoms with van der Waals surface area (Å²) in [4.78, 5) is 29.2. The van der Waals surface area contributed by atoms with Gasteiger partial charge in [-0.1, -0.05) is 0 Å². The van der Waals surface area contributed by atoms with E-state index in [0.717, 1.165) is 0 Å². The van der Waals surface area contributed by atoms with Gasteiger partial charge in [0.05, 0.1) is 28.4 Å². The average Bonchev–Trinajstić information content (AvgIpc) is 2.47. The van der Waals surface area contributed by atoms with Crippen LogP contribution in [0.5, 0.6) is 0 Å². The Morgan fingerprint density at radius 1 is 0.762 bits per heavy atom. The first-order valence-electron chi connectivity index (χ1n) is 5.13. The molecule has 0 saturated heterocycles. The topological polar surface area (TPSA) is 109 Å². The molecule has 0 heterocycles. The zero-order chi connectivity index (χ0) is 17.0. The first-order valence-corrected chi connectivity index (χ1v) is 5.13. The maximum absolute atomic E-state index is 9.85. The van der Waals surface area contributed by atoms with Crippen molar-refractivity contribution in [2.75, 3.05) is 49.7 Å². The number of hydrogen-bond donors (Lipinski definition) is 1. The van der Waals surface area contributed by atoms with Gasteiger partial charge in [-0.05, 0) is 0 Å². The first kappa shape index (κ1) is 32.1. The van der Waals surface area contributed by atoms with Gasteiger partial charge in [-0.15, -0.1) is 0 Å². The number of ether oxygens (including phenoxy) is 5. The van der Waals surface area contributed by atoms with E-state index in [-0.39, 0.29) is 38.7 Å². The minimum atomic E-state index is -0.657. The molecular weight excluding hydrogens is 363 g/mol. The Morgan fingerprint density at radius 3 is 1.05 bits per heavy atom. The van der Waals surface area contributed by atoms with Gasteiger partial charge in [-0.2, -0.15) is 0 Å². The fraction of sp³-hybridized carbons (Fsp3) is 0.727. The van der Waals surface area contributed by atoms with Gasteiger partial charge in [-0.3, -0.25) is 4.79 Å². The largest absolute Gasteiger partial charge is 0.507 e. The van der Waals surface area contributed by atoms with Gasteiger partial charge < -0.3 is 29.0 Å². The average molecular weight is 388 g/mol. The van der Waals surface area contributed by atoms with Crippen molar-refractivity contribution in [3.8, 4) is 0 Å². The second-order valence-electron chi connectivity index (χ2n) is 2.50. The Morgan fingerprint density at radius 2 is 1.05 bits per heavy atom. The maximum Gasteiger partial charge on any atom is 0.507 e. The Bertz CT molecular complexity index is 210. The third-order valence-electron chi connectivity index (χ3n) is 1.01. The molecule has 0 aliphatic carbocycles. The number of esters is 1. The number of methoxy groups -OCH3 is 5. The van der Waals surface area contributed by atoms with E-state index < -0.39 is 12.2 Å². The molecule has 0 unspecified atom stereocenters. The van der Waals surface area contributed by atoms with E-state index >= 15 is 0 Å². The summed E-state index contributed by atoms with van der Waals surface area (Å²) in [7, 11) is 9.94. The molecule has 0 fully saturated rings. The molecule has 9 nitrogen and oxygen atoms in total. The Labute approximate surface area is 150 Å². The van der Waals surface area contributed by atoms with Crippen LogP contribution in [0.25, 0.3) is 0 Å². The summed E-state index contributed by atoms with van der Waals surface area (Å²) in [6.45, 7) is 1.36. The van der Waals surface area contributed by atoms with E-state index in [1.807, 2.05) is 0 Å². The van der Waals surface area contributed by atoms with Crippen LogP contribution in [-0.2, 0) is 61.2 Å². The van der Waals surface area contributed by atoms with Crippen LogP contribution in [0.1, 0.15) is 6.92 Å². The van der Waals surface area contributed by atoms with Crippen LogP contribution in [0.15, 0.2) is 0 Å². The summed E-state index contributed by atoms with van der Waals surface area (Å²) in [5, 5.41) is 2.25. The molecule has 0 bridgehead atoms. The standard InChI is InChI=1S/C3H7NO2.C3H6O3.C3H6O2.C2H6O.Y/c1-4-3(5)6-2;1-5-3(4)6-2;1-3(4)5-2;1-3-2;/h1-2H3,(H,4,5);1-2H3;1-2H3;1-2H3;. The number of carbonyl (C=O) groups excluding carboxylic acids is 3. The number of carbonyl (C=O) groups is 3. The second kappa shape index (κ2) is 31.5. The minimum absolute atomic E-state index is 0. The summed E-state index contributed by atoms with van der Waals surface area (Å²) < 4.78 is 20.6. The van der Waals surface area contributed by atoms with E-state index in [9.17, 15) is 14.4 Å². The van der Waals surface area contributed by atoms with Crippen LogP contribution in [0, 0.1) is 0 Å². The van der Waals surface area contributed by atoms with Gasteiger partial charge in [0, 0.05) is 60.9 Å². The Balaban J connectivity index is -0.0000000548. The molecule has 21 heavy (non-hydrogen) atoms. The van der Waals surface area contributed by atoms with Crippen LogP contribution in [0.4, 0.5) is 9.59 Å². The first-order chi connectivity index (χ1) is 9.30. The number of nitrogens with one attached hydrogen (secondary N) is 1. The molecule has 1 N–H and O–H groups in total. The molecule has 0 aliphatic heterocycles. The molecule has 1 amide bonds. The van der Waals surface area contributed by atoms with E-state index in [1.54, 1.807) is 14.2 Å². The molecular formula is C11H25NO8Y. The normalized spacial score (nSPS) is 6.48. The summed E-state index contributed by atoms with van der Waals surface area (Å²) in [5.41, 5.74) is 0. The molecule has 0 aromatic carbocycles. The van der Waals surface area contributed by atoms with Crippen molar-refractivity contribution in [1.82, 2.24) is 5.32 Å². The number of rotatable bonds is 0. The van der Waals surface area contributed by atoms with Crippen molar-refractivity contribution in [3.05, 3.63) is 0 Å². The van der Waals surface area contributed by atoms with Crippen molar-refractivity contribution in [1.29, 1.82) is 0 Å². The molecule has 1 radical (unpaired) electrons. The predicted octanol–water partition coefficient (Wildman–Crippen LogP) is 0.811. The monoisotopic (exact) mass is 388 g/mol. The molecule has 0 rings (SSSR count). The second-order valence-corrected chi connectivity index (χ2v) is 2.50. The third kappa shape index (κ3) is 67.5. The molecule has 0 atom stereocenters. The van der Waals surface area contributed by atoms with E-state index in [4.69, 9.17) is 0 Å². The molecule has 125 valence electrons. The van der Waals surface area contributed by atoms with Gasteiger partial charge in [0.15, 0.2) is 0 Å². The van der Waals surface area contributed by atoms with Crippen molar-refractivity contribution >= 4 is 18.2 Å². The van der Waals surface area contributed by atoms with Gasteiger partial charge in [0.1, 0.15) is 0 Å². The molecule has 10 heteroatoms. The predicted molar refractivity (Wildman–Crippen MR) is 71.5 cm³/mol. The Kier molecular flexibility index (Phi) is 48.1. The van der Waals surface area contributed by atoms with Crippen LogP contribution in [-0.4, -0.2) is 67.9 Å². The van der Waals surface area contributed by atoms with Crippen LogP contribution in [0.2, 0.25) is 0 Å². The summed E-state index contributed by atoms with van der Waals surface area (Å²) >= 11 is 0. The van der Waals surface area contributed by atoms with Gasteiger partial charge in [0.2, 0.25) is 0 Å². The van der Waals surface area contributed by atoms with Crippen molar-refractivity contribution in [2.24, 2.45) is 0 Å². The fourth-order valence-corrected chi connectivity index (χ4v) is 0.185. The zero-order valence-corrected chi connectivity index (χ0v) is 16.7. The third-order valence-corrected chi connectivity index (χ3v) is 1.01. The number of amides is 1. The van der Waals surface area contributed by atoms with Gasteiger partial charge >= 0.3 is 18.2 Å². The quantitative estimate of drug-likeness (QED) is 0.480. The molecule has 0 aliphatic rings. The molecule has 0 aromatic heterocycles. The summed E-state index contributed by atoms with van der Waals surface area (Å²) in [5.74, 6) is -0.245. The smallest absolute Gasteiger partial charge is 0.469 e. The number of hydrogen-bond acceptors (Lipinski definition) is 8.